The number of anilines is 1. The summed E-state index contributed by atoms with van der Waals surface area (Å²) in [6.07, 6.45) is 0.883. The standard InChI is InChI=1S/C14H21NO3/c1-5-14(3,18-4)9-15-12-7-10(2)6-11(8-12)13(16)17/h6-8,15H,5,9H2,1-4H3,(H,16,17). The maximum Gasteiger partial charge on any atom is 0.335 e. The zero-order valence-corrected chi connectivity index (χ0v) is 11.4. The van der Waals surface area contributed by atoms with Gasteiger partial charge in [-0.1, -0.05) is 6.92 Å². The van der Waals surface area contributed by atoms with Crippen LogP contribution in [0.4, 0.5) is 5.69 Å². The Bertz CT molecular complexity index is 425. The molecule has 0 heterocycles. The summed E-state index contributed by atoms with van der Waals surface area (Å²) in [5.74, 6) is -0.910. The van der Waals surface area contributed by atoms with Crippen molar-refractivity contribution in [3.05, 3.63) is 29.3 Å². The molecular formula is C14H21NO3. The predicted molar refractivity (Wildman–Crippen MR) is 72.3 cm³/mol. The Morgan fingerprint density at radius 2 is 2.11 bits per heavy atom. The lowest BCUT2D eigenvalue weighted by atomic mass is 10.0. The zero-order valence-electron chi connectivity index (χ0n) is 11.4. The number of carboxylic acids is 1. The summed E-state index contributed by atoms with van der Waals surface area (Å²) in [6, 6.07) is 5.22. The summed E-state index contributed by atoms with van der Waals surface area (Å²) in [5.41, 5.74) is 1.79. The van der Waals surface area contributed by atoms with E-state index >= 15 is 0 Å². The van der Waals surface area contributed by atoms with Gasteiger partial charge in [0.25, 0.3) is 0 Å². The molecule has 0 saturated heterocycles. The number of carboxylic acid groups (broad SMARTS) is 1. The number of nitrogens with one attached hydrogen (secondary N) is 1. The molecule has 0 amide bonds. The Morgan fingerprint density at radius 1 is 1.44 bits per heavy atom. The van der Waals surface area contributed by atoms with Crippen LogP contribution in [0.3, 0.4) is 0 Å². The molecule has 0 aromatic heterocycles. The maximum atomic E-state index is 11.0. The molecule has 0 aliphatic carbocycles. The fraction of sp³-hybridized carbons (Fsp3) is 0.500. The first-order valence-electron chi connectivity index (χ1n) is 6.04. The minimum Gasteiger partial charge on any atom is -0.478 e. The van der Waals surface area contributed by atoms with Crippen molar-refractivity contribution in [1.29, 1.82) is 0 Å². The maximum absolute atomic E-state index is 11.0. The van der Waals surface area contributed by atoms with Crippen molar-refractivity contribution in [2.75, 3.05) is 19.0 Å². The highest BCUT2D eigenvalue weighted by molar-refractivity contribution is 5.89. The van der Waals surface area contributed by atoms with Gasteiger partial charge in [-0.25, -0.2) is 4.79 Å². The number of aromatic carboxylic acids is 1. The van der Waals surface area contributed by atoms with Crippen LogP contribution in [0.1, 0.15) is 36.2 Å². The number of hydrogen-bond acceptors (Lipinski definition) is 3. The third-order valence-electron chi connectivity index (χ3n) is 3.23. The average molecular weight is 251 g/mol. The molecule has 1 aromatic rings. The van der Waals surface area contributed by atoms with Crippen molar-refractivity contribution in [2.45, 2.75) is 32.8 Å². The van der Waals surface area contributed by atoms with Gasteiger partial charge < -0.3 is 15.2 Å². The Labute approximate surface area is 108 Å². The van der Waals surface area contributed by atoms with Crippen molar-refractivity contribution < 1.29 is 14.6 Å². The molecule has 0 radical (unpaired) electrons. The number of benzene rings is 1. The van der Waals surface area contributed by atoms with Gasteiger partial charge in [0.2, 0.25) is 0 Å². The van der Waals surface area contributed by atoms with Crippen molar-refractivity contribution in [1.82, 2.24) is 0 Å². The van der Waals surface area contributed by atoms with Crippen molar-refractivity contribution in [3.63, 3.8) is 0 Å². The molecule has 2 N–H and O–H groups in total. The van der Waals surface area contributed by atoms with E-state index < -0.39 is 5.97 Å². The normalized spacial score (nSPS) is 14.0. The van der Waals surface area contributed by atoms with Crippen LogP contribution in [0.5, 0.6) is 0 Å². The number of hydrogen-bond donors (Lipinski definition) is 2. The average Bonchev–Trinajstić information content (AvgIpc) is 2.35. The van der Waals surface area contributed by atoms with Crippen molar-refractivity contribution >= 4 is 11.7 Å². The van der Waals surface area contributed by atoms with E-state index in [9.17, 15) is 4.79 Å². The molecule has 100 valence electrons. The first-order chi connectivity index (χ1) is 8.40. The lowest BCUT2D eigenvalue weighted by Gasteiger charge is -2.27. The summed E-state index contributed by atoms with van der Waals surface area (Å²) >= 11 is 0. The molecular weight excluding hydrogens is 230 g/mol. The Kier molecular flexibility index (Phi) is 4.73. The van der Waals surface area contributed by atoms with Crippen LogP contribution in [0.15, 0.2) is 18.2 Å². The Morgan fingerprint density at radius 3 is 2.61 bits per heavy atom. The summed E-state index contributed by atoms with van der Waals surface area (Å²) in [6.45, 7) is 6.60. The van der Waals surface area contributed by atoms with Crippen LogP contribution in [0, 0.1) is 6.92 Å². The summed E-state index contributed by atoms with van der Waals surface area (Å²) in [4.78, 5) is 11.0. The van der Waals surface area contributed by atoms with Gasteiger partial charge in [0.05, 0.1) is 11.2 Å². The smallest absolute Gasteiger partial charge is 0.335 e. The minimum atomic E-state index is -0.910. The van der Waals surface area contributed by atoms with Crippen LogP contribution < -0.4 is 5.32 Å². The van der Waals surface area contributed by atoms with Gasteiger partial charge in [0, 0.05) is 19.3 Å². The van der Waals surface area contributed by atoms with E-state index in [4.69, 9.17) is 9.84 Å². The molecule has 0 saturated carbocycles. The van der Waals surface area contributed by atoms with Gasteiger partial charge in [-0.3, -0.25) is 0 Å². The van der Waals surface area contributed by atoms with Crippen molar-refractivity contribution in [2.24, 2.45) is 0 Å². The van der Waals surface area contributed by atoms with Gasteiger partial charge in [-0.15, -0.1) is 0 Å². The molecule has 0 spiro atoms. The fourth-order valence-electron chi connectivity index (χ4n) is 1.64. The lowest BCUT2D eigenvalue weighted by Crippen LogP contribution is -2.35. The molecule has 18 heavy (non-hydrogen) atoms. The van der Waals surface area contributed by atoms with E-state index in [0.717, 1.165) is 17.7 Å². The molecule has 0 bridgehead atoms. The predicted octanol–water partition coefficient (Wildman–Crippen LogP) is 2.92. The van der Waals surface area contributed by atoms with E-state index in [2.05, 4.69) is 12.2 Å². The highest BCUT2D eigenvalue weighted by atomic mass is 16.5. The highest BCUT2D eigenvalue weighted by Gasteiger charge is 2.20. The quantitative estimate of drug-likeness (QED) is 0.816. The second-order valence-corrected chi connectivity index (χ2v) is 4.75. The fourth-order valence-corrected chi connectivity index (χ4v) is 1.64. The molecule has 0 aliphatic rings. The lowest BCUT2D eigenvalue weighted by molar-refractivity contribution is 0.0144. The molecule has 1 atom stereocenters. The second kappa shape index (κ2) is 5.87. The first-order valence-corrected chi connectivity index (χ1v) is 6.04. The van der Waals surface area contributed by atoms with E-state index in [1.54, 1.807) is 19.2 Å². The monoisotopic (exact) mass is 251 g/mol. The Hall–Kier alpha value is -1.55. The number of ether oxygens (including phenoxy) is 1. The van der Waals surface area contributed by atoms with Gasteiger partial charge in [-0.05, 0) is 44.0 Å². The molecule has 1 unspecified atom stereocenters. The third kappa shape index (κ3) is 3.74. The van der Waals surface area contributed by atoms with E-state index in [-0.39, 0.29) is 5.60 Å². The SMILES string of the molecule is CCC(C)(CNc1cc(C)cc(C(=O)O)c1)OC. The summed E-state index contributed by atoms with van der Waals surface area (Å²) in [5, 5.41) is 12.2. The van der Waals surface area contributed by atoms with Crippen molar-refractivity contribution in [3.8, 4) is 0 Å². The van der Waals surface area contributed by atoms with Crippen LogP contribution >= 0.6 is 0 Å². The molecule has 0 aliphatic heterocycles. The molecule has 4 nitrogen and oxygen atoms in total. The third-order valence-corrected chi connectivity index (χ3v) is 3.23. The van der Waals surface area contributed by atoms with Crippen LogP contribution in [0.2, 0.25) is 0 Å². The van der Waals surface area contributed by atoms with E-state index in [1.807, 2.05) is 19.9 Å². The first kappa shape index (κ1) is 14.5. The van der Waals surface area contributed by atoms with E-state index in [1.165, 1.54) is 0 Å². The van der Waals surface area contributed by atoms with Gasteiger partial charge in [-0.2, -0.15) is 0 Å². The molecule has 0 fully saturated rings. The van der Waals surface area contributed by atoms with Gasteiger partial charge in [0.1, 0.15) is 0 Å². The number of aryl methyl sites for hydroxylation is 1. The van der Waals surface area contributed by atoms with Gasteiger partial charge >= 0.3 is 5.97 Å². The summed E-state index contributed by atoms with van der Waals surface area (Å²) < 4.78 is 5.44. The van der Waals surface area contributed by atoms with Crippen LogP contribution in [-0.4, -0.2) is 30.3 Å². The molecule has 1 rings (SSSR count). The second-order valence-electron chi connectivity index (χ2n) is 4.75. The molecule has 4 heteroatoms. The summed E-state index contributed by atoms with van der Waals surface area (Å²) in [7, 11) is 1.68. The zero-order chi connectivity index (χ0) is 13.8. The largest absolute Gasteiger partial charge is 0.478 e. The number of rotatable bonds is 6. The number of carbonyl (C=O) groups is 1. The molecule has 1 aromatic carbocycles. The Balaban J connectivity index is 2.82. The highest BCUT2D eigenvalue weighted by Crippen LogP contribution is 2.18. The van der Waals surface area contributed by atoms with Crippen LogP contribution in [-0.2, 0) is 4.74 Å². The number of methoxy groups -OCH3 is 1. The van der Waals surface area contributed by atoms with E-state index in [0.29, 0.717) is 12.1 Å². The topological polar surface area (TPSA) is 58.6 Å². The minimum absolute atomic E-state index is 0.243. The van der Waals surface area contributed by atoms with Gasteiger partial charge in [0.15, 0.2) is 0 Å². The van der Waals surface area contributed by atoms with Crippen LogP contribution in [0.25, 0.3) is 0 Å².